The average molecular weight is 467 g/mol. The number of likely N-dealkylation sites (tertiary alicyclic amines) is 1. The van der Waals surface area contributed by atoms with Gasteiger partial charge in [-0.2, -0.15) is 0 Å². The summed E-state index contributed by atoms with van der Waals surface area (Å²) in [6.07, 6.45) is 0.713. The van der Waals surface area contributed by atoms with Crippen LogP contribution in [0.15, 0.2) is 48.0 Å². The number of benzene rings is 2. The zero-order valence-corrected chi connectivity index (χ0v) is 20.6. The van der Waals surface area contributed by atoms with Crippen molar-refractivity contribution < 1.29 is 29.1 Å². The van der Waals surface area contributed by atoms with Crippen LogP contribution in [0.1, 0.15) is 43.0 Å². The highest BCUT2D eigenvalue weighted by molar-refractivity contribution is 6.46. The van der Waals surface area contributed by atoms with Gasteiger partial charge in [-0.3, -0.25) is 9.59 Å². The summed E-state index contributed by atoms with van der Waals surface area (Å²) >= 11 is 0. The van der Waals surface area contributed by atoms with E-state index >= 15 is 0 Å². The van der Waals surface area contributed by atoms with Crippen molar-refractivity contribution in [3.8, 4) is 11.5 Å². The fraction of sp³-hybridized carbons (Fsp3) is 0.407. The molecule has 1 amide bonds. The molecule has 0 aliphatic carbocycles. The number of hydrogen-bond acceptors (Lipinski definition) is 5. The lowest BCUT2D eigenvalue weighted by Crippen LogP contribution is -3.11. The Balaban J connectivity index is 2.13. The number of ether oxygens (including phenoxy) is 2. The fourth-order valence-electron chi connectivity index (χ4n) is 4.44. The first-order valence-corrected chi connectivity index (χ1v) is 11.7. The van der Waals surface area contributed by atoms with E-state index in [9.17, 15) is 14.7 Å². The highest BCUT2D eigenvalue weighted by Crippen LogP contribution is 2.43. The maximum Gasteiger partial charge on any atom is 0.295 e. The zero-order valence-electron chi connectivity index (χ0n) is 20.6. The third-order valence-corrected chi connectivity index (χ3v) is 6.50. The van der Waals surface area contributed by atoms with Gasteiger partial charge in [0.15, 0.2) is 0 Å². The molecule has 0 spiro atoms. The van der Waals surface area contributed by atoms with Crippen LogP contribution in [0.25, 0.3) is 5.76 Å². The lowest BCUT2D eigenvalue weighted by atomic mass is 9.94. The van der Waals surface area contributed by atoms with E-state index in [2.05, 4.69) is 13.8 Å². The van der Waals surface area contributed by atoms with Gasteiger partial charge in [0.05, 0.1) is 39.9 Å². The molecule has 1 heterocycles. The maximum absolute atomic E-state index is 13.6. The van der Waals surface area contributed by atoms with E-state index in [1.807, 2.05) is 19.1 Å². The second kappa shape index (κ2) is 11.2. The Morgan fingerprint density at radius 3 is 2.29 bits per heavy atom. The maximum atomic E-state index is 13.6. The third kappa shape index (κ3) is 5.09. The van der Waals surface area contributed by atoms with Crippen LogP contribution >= 0.6 is 0 Å². The average Bonchev–Trinajstić information content (AvgIpc) is 3.11. The van der Waals surface area contributed by atoms with E-state index in [-0.39, 0.29) is 5.57 Å². The van der Waals surface area contributed by atoms with E-state index < -0.39 is 23.5 Å². The summed E-state index contributed by atoms with van der Waals surface area (Å²) in [6.45, 7) is 9.38. The van der Waals surface area contributed by atoms with Gasteiger partial charge >= 0.3 is 0 Å². The first kappa shape index (κ1) is 25.3. The van der Waals surface area contributed by atoms with Crippen molar-refractivity contribution in [2.75, 3.05) is 40.4 Å². The van der Waals surface area contributed by atoms with E-state index in [0.717, 1.165) is 25.2 Å². The number of carbonyl (C=O) groups is 2. The molecule has 1 fully saturated rings. The number of methoxy groups -OCH3 is 2. The Labute approximate surface area is 201 Å². The molecule has 0 radical (unpaired) electrons. The summed E-state index contributed by atoms with van der Waals surface area (Å²) in [5, 5.41) is 13.6. The van der Waals surface area contributed by atoms with Crippen LogP contribution in [0, 0.1) is 6.92 Å². The van der Waals surface area contributed by atoms with Crippen LogP contribution < -0.4 is 19.5 Å². The van der Waals surface area contributed by atoms with E-state index in [0.29, 0.717) is 35.6 Å². The fourth-order valence-corrected chi connectivity index (χ4v) is 4.44. The Morgan fingerprint density at radius 1 is 1.03 bits per heavy atom. The molecule has 0 saturated carbocycles. The number of hydrogen-bond donors (Lipinski definition) is 1. The Bertz CT molecular complexity index is 1060. The molecular formula is C27H34N2O5. The molecule has 182 valence electrons. The number of Topliss-reactive ketones (excluding diaryl/α,β-unsaturated/α-hetero) is 1. The molecular weight excluding hydrogens is 432 g/mol. The number of quaternary nitrogens is 1. The number of carbonyl (C=O) groups excluding carboxylic acids is 2. The molecule has 2 aromatic rings. The molecule has 1 N–H and O–H groups in total. The summed E-state index contributed by atoms with van der Waals surface area (Å²) in [7, 11) is 3.07. The second-order valence-corrected chi connectivity index (χ2v) is 8.51. The summed E-state index contributed by atoms with van der Waals surface area (Å²) < 4.78 is 11.0. The smallest absolute Gasteiger partial charge is 0.295 e. The SMILES string of the molecule is CC[NH+](CC)CCCN1C(=O)C(=O)C(=C([O-])c2ccc(C)cc2)C1c1cc(OC)ccc1OC. The molecule has 3 rings (SSSR count). The van der Waals surface area contributed by atoms with Crippen molar-refractivity contribution >= 4 is 17.4 Å². The molecule has 1 atom stereocenters. The molecule has 0 bridgehead atoms. The Morgan fingerprint density at radius 2 is 1.71 bits per heavy atom. The van der Waals surface area contributed by atoms with Crippen LogP contribution in [-0.4, -0.2) is 57.0 Å². The van der Waals surface area contributed by atoms with Crippen molar-refractivity contribution in [2.45, 2.75) is 33.2 Å². The van der Waals surface area contributed by atoms with Crippen molar-refractivity contribution in [2.24, 2.45) is 0 Å². The molecule has 34 heavy (non-hydrogen) atoms. The summed E-state index contributed by atoms with van der Waals surface area (Å²) in [5.74, 6) is -0.806. The minimum Gasteiger partial charge on any atom is -0.872 e. The van der Waals surface area contributed by atoms with Crippen LogP contribution in [0.3, 0.4) is 0 Å². The lowest BCUT2D eigenvalue weighted by Gasteiger charge is -2.29. The van der Waals surface area contributed by atoms with Crippen LogP contribution in [0.4, 0.5) is 0 Å². The molecule has 1 aliphatic heterocycles. The first-order chi connectivity index (χ1) is 16.4. The highest BCUT2D eigenvalue weighted by Gasteiger charge is 2.45. The van der Waals surface area contributed by atoms with Crippen molar-refractivity contribution in [3.63, 3.8) is 0 Å². The molecule has 1 saturated heterocycles. The van der Waals surface area contributed by atoms with Gasteiger partial charge in [0.2, 0.25) is 5.78 Å². The van der Waals surface area contributed by atoms with Gasteiger partial charge in [0, 0.05) is 24.1 Å². The summed E-state index contributed by atoms with van der Waals surface area (Å²) in [4.78, 5) is 29.3. The first-order valence-electron chi connectivity index (χ1n) is 11.7. The monoisotopic (exact) mass is 466 g/mol. The van der Waals surface area contributed by atoms with Crippen molar-refractivity contribution in [3.05, 3.63) is 64.7 Å². The van der Waals surface area contributed by atoms with Gasteiger partial charge in [-0.15, -0.1) is 0 Å². The number of amides is 1. The number of nitrogens with one attached hydrogen (secondary N) is 1. The summed E-state index contributed by atoms with van der Waals surface area (Å²) in [5.41, 5.74) is 1.90. The van der Waals surface area contributed by atoms with Gasteiger partial charge in [-0.05, 0) is 44.5 Å². The molecule has 1 aliphatic rings. The standard InChI is InChI=1S/C27H34N2O5/c1-6-28(7-2)15-8-16-29-24(21-17-20(33-4)13-14-22(21)34-5)23(26(31)27(29)32)25(30)19-11-9-18(3)10-12-19/h9-14,17,24,30H,6-8,15-16H2,1-5H3. The predicted octanol–water partition coefficient (Wildman–Crippen LogP) is 1.55. The number of aryl methyl sites for hydroxylation is 1. The van der Waals surface area contributed by atoms with Crippen LogP contribution in [0.2, 0.25) is 0 Å². The van der Waals surface area contributed by atoms with E-state index in [4.69, 9.17) is 9.47 Å². The number of ketones is 1. The van der Waals surface area contributed by atoms with Gasteiger partial charge in [0.25, 0.3) is 5.91 Å². The number of nitrogens with zero attached hydrogens (tertiary/aromatic N) is 1. The molecule has 0 aromatic heterocycles. The lowest BCUT2D eigenvalue weighted by molar-refractivity contribution is -0.896. The van der Waals surface area contributed by atoms with Crippen molar-refractivity contribution in [1.29, 1.82) is 0 Å². The van der Waals surface area contributed by atoms with E-state index in [1.165, 1.54) is 16.9 Å². The molecule has 7 nitrogen and oxygen atoms in total. The van der Waals surface area contributed by atoms with Gasteiger partial charge in [-0.1, -0.05) is 35.6 Å². The normalized spacial score (nSPS) is 17.5. The zero-order chi connectivity index (χ0) is 24.8. The minimum atomic E-state index is -0.842. The second-order valence-electron chi connectivity index (χ2n) is 8.51. The minimum absolute atomic E-state index is 0.0457. The largest absolute Gasteiger partial charge is 0.872 e. The van der Waals surface area contributed by atoms with Gasteiger partial charge in [-0.25, -0.2) is 0 Å². The predicted molar refractivity (Wildman–Crippen MR) is 129 cm³/mol. The van der Waals surface area contributed by atoms with Gasteiger partial charge in [0.1, 0.15) is 11.5 Å². The molecule has 1 unspecified atom stereocenters. The Kier molecular flexibility index (Phi) is 8.34. The number of rotatable bonds is 10. The highest BCUT2D eigenvalue weighted by atomic mass is 16.5. The van der Waals surface area contributed by atoms with Crippen LogP contribution in [-0.2, 0) is 9.59 Å². The van der Waals surface area contributed by atoms with E-state index in [1.54, 1.807) is 37.4 Å². The topological polar surface area (TPSA) is 83.3 Å². The van der Waals surface area contributed by atoms with Crippen molar-refractivity contribution in [1.82, 2.24) is 4.90 Å². The molecule has 7 heteroatoms. The Hall–Kier alpha value is -3.32. The summed E-state index contributed by atoms with van der Waals surface area (Å²) in [6, 6.07) is 11.4. The van der Waals surface area contributed by atoms with Crippen LogP contribution in [0.5, 0.6) is 11.5 Å². The third-order valence-electron chi connectivity index (χ3n) is 6.50. The van der Waals surface area contributed by atoms with Gasteiger partial charge < -0.3 is 24.4 Å². The quantitative estimate of drug-likeness (QED) is 0.326. The molecule has 2 aromatic carbocycles.